The summed E-state index contributed by atoms with van der Waals surface area (Å²) in [5.41, 5.74) is 3.13. The molecule has 0 spiro atoms. The van der Waals surface area contributed by atoms with Gasteiger partial charge in [0.15, 0.2) is 6.10 Å². The number of aliphatic hydroxyl groups is 1. The first-order chi connectivity index (χ1) is 18.5. The van der Waals surface area contributed by atoms with E-state index in [1.165, 1.54) is 24.3 Å². The van der Waals surface area contributed by atoms with E-state index in [0.29, 0.717) is 31.7 Å². The van der Waals surface area contributed by atoms with Crippen molar-refractivity contribution in [1.29, 1.82) is 0 Å². The van der Waals surface area contributed by atoms with E-state index in [1.54, 1.807) is 4.90 Å². The first kappa shape index (κ1) is 25.3. The Labute approximate surface area is 221 Å². The lowest BCUT2D eigenvalue weighted by atomic mass is 9.75. The second-order valence-corrected chi connectivity index (χ2v) is 9.37. The molecule has 1 heterocycles. The van der Waals surface area contributed by atoms with Crippen molar-refractivity contribution >= 4 is 11.6 Å². The van der Waals surface area contributed by atoms with Crippen LogP contribution in [0.3, 0.4) is 0 Å². The van der Waals surface area contributed by atoms with Crippen molar-refractivity contribution in [2.24, 2.45) is 0 Å². The zero-order valence-electron chi connectivity index (χ0n) is 20.9. The summed E-state index contributed by atoms with van der Waals surface area (Å²) < 4.78 is 0. The molecule has 4 aromatic carbocycles. The van der Waals surface area contributed by atoms with Crippen molar-refractivity contribution in [3.05, 3.63) is 148 Å². The highest BCUT2D eigenvalue weighted by molar-refractivity contribution is 5.82. The van der Waals surface area contributed by atoms with Crippen LogP contribution in [-0.2, 0) is 10.3 Å². The summed E-state index contributed by atoms with van der Waals surface area (Å²) in [6.07, 6.45) is -1.37. The van der Waals surface area contributed by atoms with Crippen molar-refractivity contribution in [3.63, 3.8) is 0 Å². The lowest BCUT2D eigenvalue weighted by Crippen LogP contribution is -2.58. The highest BCUT2D eigenvalue weighted by Gasteiger charge is 2.43. The fraction of sp³-hybridized carbons (Fsp3) is 0.194. The van der Waals surface area contributed by atoms with Crippen molar-refractivity contribution < 1.29 is 14.8 Å². The Kier molecular flexibility index (Phi) is 7.31. The Morgan fingerprint density at radius 2 is 1.13 bits per heavy atom. The largest absolute Gasteiger partial charge is 0.378 e. The number of rotatable bonds is 7. The van der Waals surface area contributed by atoms with E-state index in [2.05, 4.69) is 77.7 Å². The minimum atomic E-state index is -1.37. The number of nitrogens with zero attached hydrogens (tertiary/aromatic N) is 3. The number of benzene rings is 4. The first-order valence-corrected chi connectivity index (χ1v) is 12.6. The van der Waals surface area contributed by atoms with Gasteiger partial charge in [0.25, 0.3) is 11.6 Å². The summed E-state index contributed by atoms with van der Waals surface area (Å²) in [4.78, 5) is 27.7. The molecule has 0 aromatic heterocycles. The average Bonchev–Trinajstić information content (AvgIpc) is 2.99. The van der Waals surface area contributed by atoms with Gasteiger partial charge >= 0.3 is 0 Å². The van der Waals surface area contributed by atoms with Crippen molar-refractivity contribution in [2.45, 2.75) is 11.6 Å². The third kappa shape index (κ3) is 4.69. The molecule has 1 N–H and O–H groups in total. The molecule has 38 heavy (non-hydrogen) atoms. The molecule has 1 aliphatic heterocycles. The molecule has 192 valence electrons. The van der Waals surface area contributed by atoms with E-state index in [0.717, 1.165) is 16.7 Å². The van der Waals surface area contributed by atoms with Gasteiger partial charge in [0, 0.05) is 38.3 Å². The minimum Gasteiger partial charge on any atom is -0.378 e. The van der Waals surface area contributed by atoms with Gasteiger partial charge in [0.1, 0.15) is 0 Å². The van der Waals surface area contributed by atoms with Gasteiger partial charge in [0.2, 0.25) is 0 Å². The van der Waals surface area contributed by atoms with Crippen LogP contribution in [-0.4, -0.2) is 51.9 Å². The maximum absolute atomic E-state index is 13.2. The molecule has 1 saturated heterocycles. The van der Waals surface area contributed by atoms with Gasteiger partial charge in [-0.15, -0.1) is 0 Å². The maximum atomic E-state index is 13.2. The summed E-state index contributed by atoms with van der Waals surface area (Å²) in [5, 5.41) is 21.7. The number of nitro benzene ring substituents is 1. The highest BCUT2D eigenvalue weighted by Crippen LogP contribution is 2.42. The number of amides is 1. The van der Waals surface area contributed by atoms with Gasteiger partial charge < -0.3 is 10.0 Å². The number of carbonyl (C=O) groups excluding carboxylic acids is 1. The van der Waals surface area contributed by atoms with Gasteiger partial charge in [-0.2, -0.15) is 0 Å². The number of hydrogen-bond acceptors (Lipinski definition) is 5. The van der Waals surface area contributed by atoms with Crippen LogP contribution in [0.1, 0.15) is 28.4 Å². The van der Waals surface area contributed by atoms with Gasteiger partial charge in [-0.05, 0) is 34.4 Å². The van der Waals surface area contributed by atoms with Crippen LogP contribution in [0.2, 0.25) is 0 Å². The third-order valence-electron chi connectivity index (χ3n) is 7.29. The number of non-ortho nitro benzene ring substituents is 1. The first-order valence-electron chi connectivity index (χ1n) is 12.6. The van der Waals surface area contributed by atoms with Crippen LogP contribution >= 0.6 is 0 Å². The fourth-order valence-electron chi connectivity index (χ4n) is 5.44. The van der Waals surface area contributed by atoms with Crippen molar-refractivity contribution in [2.75, 3.05) is 26.2 Å². The molecule has 1 fully saturated rings. The Bertz CT molecular complexity index is 1270. The molecule has 4 aromatic rings. The van der Waals surface area contributed by atoms with Gasteiger partial charge in [-0.1, -0.05) is 91.0 Å². The Hall–Kier alpha value is -4.33. The molecule has 0 bridgehead atoms. The molecule has 7 nitrogen and oxygen atoms in total. The van der Waals surface area contributed by atoms with E-state index in [-0.39, 0.29) is 5.69 Å². The van der Waals surface area contributed by atoms with Crippen LogP contribution in [0, 0.1) is 10.1 Å². The topological polar surface area (TPSA) is 86.9 Å². The molecular weight excluding hydrogens is 478 g/mol. The summed E-state index contributed by atoms with van der Waals surface area (Å²) in [5.74, 6) is -0.400. The number of hydrogen-bond donors (Lipinski definition) is 1. The molecule has 7 heteroatoms. The maximum Gasteiger partial charge on any atom is 0.269 e. The van der Waals surface area contributed by atoms with Gasteiger partial charge in [-0.25, -0.2) is 0 Å². The zero-order chi connectivity index (χ0) is 26.5. The molecule has 0 radical (unpaired) electrons. The second-order valence-electron chi connectivity index (χ2n) is 9.37. The molecule has 1 atom stereocenters. The van der Waals surface area contributed by atoms with Gasteiger partial charge in [0.05, 0.1) is 10.5 Å². The standard InChI is InChI=1S/C31H29N3O4/c35-29(24-16-18-28(19-17-24)34(37)38)30(36)32-20-22-33(23-21-32)31(25-10-4-1-5-11-25,26-12-6-2-7-13-26)27-14-8-3-9-15-27/h1-19,29,35H,20-23H2. The van der Waals surface area contributed by atoms with E-state index in [1.807, 2.05) is 18.2 Å². The van der Waals surface area contributed by atoms with E-state index < -0.39 is 22.5 Å². The quantitative estimate of drug-likeness (QED) is 0.221. The molecule has 5 rings (SSSR count). The van der Waals surface area contributed by atoms with Crippen LogP contribution in [0.5, 0.6) is 0 Å². The predicted octanol–water partition coefficient (Wildman–Crippen LogP) is 4.76. The average molecular weight is 508 g/mol. The molecular formula is C31H29N3O4. The molecule has 1 aliphatic rings. The summed E-state index contributed by atoms with van der Waals surface area (Å²) in [6, 6.07) is 36.7. The lowest BCUT2D eigenvalue weighted by molar-refractivity contribution is -0.384. The van der Waals surface area contributed by atoms with Crippen LogP contribution in [0.25, 0.3) is 0 Å². The smallest absolute Gasteiger partial charge is 0.269 e. The molecule has 0 aliphatic carbocycles. The Morgan fingerprint density at radius 1 is 0.711 bits per heavy atom. The number of nitro groups is 1. The number of aliphatic hydroxyl groups excluding tert-OH is 1. The van der Waals surface area contributed by atoms with Crippen LogP contribution in [0.15, 0.2) is 115 Å². The predicted molar refractivity (Wildman–Crippen MR) is 145 cm³/mol. The van der Waals surface area contributed by atoms with E-state index in [9.17, 15) is 20.0 Å². The van der Waals surface area contributed by atoms with Crippen LogP contribution < -0.4 is 0 Å². The van der Waals surface area contributed by atoms with E-state index in [4.69, 9.17) is 0 Å². The van der Waals surface area contributed by atoms with E-state index >= 15 is 0 Å². The summed E-state index contributed by atoms with van der Waals surface area (Å²) in [6.45, 7) is 2.07. The monoisotopic (exact) mass is 507 g/mol. The van der Waals surface area contributed by atoms with Crippen molar-refractivity contribution in [3.8, 4) is 0 Å². The normalized spacial score (nSPS) is 15.1. The van der Waals surface area contributed by atoms with Gasteiger partial charge in [-0.3, -0.25) is 19.8 Å². The number of carbonyl (C=O) groups is 1. The van der Waals surface area contributed by atoms with Crippen LogP contribution in [0.4, 0.5) is 5.69 Å². The third-order valence-corrected chi connectivity index (χ3v) is 7.29. The van der Waals surface area contributed by atoms with Crippen molar-refractivity contribution in [1.82, 2.24) is 9.80 Å². The molecule has 1 unspecified atom stereocenters. The molecule has 1 amide bonds. The summed E-state index contributed by atoms with van der Waals surface area (Å²) in [7, 11) is 0. The Morgan fingerprint density at radius 3 is 1.53 bits per heavy atom. The fourth-order valence-corrected chi connectivity index (χ4v) is 5.44. The zero-order valence-corrected chi connectivity index (χ0v) is 20.9. The Balaban J connectivity index is 1.45. The highest BCUT2D eigenvalue weighted by atomic mass is 16.6. The summed E-state index contributed by atoms with van der Waals surface area (Å²) >= 11 is 0. The molecule has 0 saturated carbocycles. The second kappa shape index (κ2) is 11.0. The minimum absolute atomic E-state index is 0.0823. The SMILES string of the molecule is O=C(C(O)c1ccc([N+](=O)[O-])cc1)N1CCN(C(c2ccccc2)(c2ccccc2)c2ccccc2)CC1. The lowest BCUT2D eigenvalue weighted by Gasteiger charge is -2.49. The number of piperazine rings is 1.